The SMILES string of the molecule is CNc1ncc(-c2sc(N3CCC(N)CC3)nc2-c2ccc(C#N)cc2)cn1. The summed E-state index contributed by atoms with van der Waals surface area (Å²) in [5, 5.41) is 13.0. The van der Waals surface area contributed by atoms with Gasteiger partial charge in [-0.3, -0.25) is 0 Å². The van der Waals surface area contributed by atoms with Crippen LogP contribution < -0.4 is 16.0 Å². The number of benzene rings is 1. The summed E-state index contributed by atoms with van der Waals surface area (Å²) in [7, 11) is 1.79. The molecular weight excluding hydrogens is 370 g/mol. The third-order valence-corrected chi connectivity index (χ3v) is 6.02. The molecular formula is C20H21N7S. The molecule has 2 aromatic heterocycles. The zero-order valence-electron chi connectivity index (χ0n) is 15.6. The lowest BCUT2D eigenvalue weighted by molar-refractivity contribution is 0.501. The van der Waals surface area contributed by atoms with E-state index in [4.69, 9.17) is 16.0 Å². The molecule has 1 aliphatic heterocycles. The van der Waals surface area contributed by atoms with Crippen LogP contribution in [0.2, 0.25) is 0 Å². The number of nitrogens with two attached hydrogens (primary N) is 1. The van der Waals surface area contributed by atoms with E-state index in [1.54, 1.807) is 18.4 Å². The van der Waals surface area contributed by atoms with Gasteiger partial charge in [0.15, 0.2) is 5.13 Å². The van der Waals surface area contributed by atoms with Crippen LogP contribution in [0.25, 0.3) is 21.7 Å². The molecule has 0 radical (unpaired) electrons. The Morgan fingerprint density at radius 3 is 2.43 bits per heavy atom. The molecule has 142 valence electrons. The molecule has 0 bridgehead atoms. The number of nitrogens with one attached hydrogen (secondary N) is 1. The van der Waals surface area contributed by atoms with E-state index < -0.39 is 0 Å². The summed E-state index contributed by atoms with van der Waals surface area (Å²) in [4.78, 5) is 17.0. The summed E-state index contributed by atoms with van der Waals surface area (Å²) in [6.45, 7) is 1.83. The van der Waals surface area contributed by atoms with Gasteiger partial charge in [0.1, 0.15) is 0 Å². The van der Waals surface area contributed by atoms with Gasteiger partial charge >= 0.3 is 0 Å². The zero-order chi connectivity index (χ0) is 19.5. The van der Waals surface area contributed by atoms with Crippen molar-refractivity contribution in [2.75, 3.05) is 30.4 Å². The number of anilines is 2. The molecule has 7 nitrogen and oxygen atoms in total. The minimum absolute atomic E-state index is 0.274. The predicted molar refractivity (Wildman–Crippen MR) is 112 cm³/mol. The standard InChI is InChI=1S/C20H21N7S/c1-23-19-24-11-15(12-25-19)18-17(14-4-2-13(10-21)3-5-14)26-20(28-18)27-8-6-16(22)7-9-27/h2-5,11-12,16H,6-9,22H2,1H3,(H,23,24,25). The van der Waals surface area contributed by atoms with Crippen molar-refractivity contribution in [2.24, 2.45) is 5.73 Å². The fourth-order valence-electron chi connectivity index (χ4n) is 3.20. The first kappa shape index (κ1) is 18.3. The number of nitrogens with zero attached hydrogens (tertiary/aromatic N) is 5. The smallest absolute Gasteiger partial charge is 0.222 e. The van der Waals surface area contributed by atoms with Crippen LogP contribution in [-0.2, 0) is 0 Å². The normalized spacial score (nSPS) is 14.7. The first-order valence-electron chi connectivity index (χ1n) is 9.20. The zero-order valence-corrected chi connectivity index (χ0v) is 16.4. The molecule has 1 fully saturated rings. The van der Waals surface area contributed by atoms with Crippen molar-refractivity contribution in [2.45, 2.75) is 18.9 Å². The van der Waals surface area contributed by atoms with Crippen LogP contribution in [0.15, 0.2) is 36.7 Å². The maximum Gasteiger partial charge on any atom is 0.222 e. The number of rotatable bonds is 4. The van der Waals surface area contributed by atoms with Crippen molar-refractivity contribution in [3.8, 4) is 27.8 Å². The van der Waals surface area contributed by atoms with E-state index in [1.165, 1.54) is 0 Å². The van der Waals surface area contributed by atoms with E-state index in [0.717, 1.165) is 52.8 Å². The van der Waals surface area contributed by atoms with E-state index in [1.807, 2.05) is 36.7 Å². The molecule has 0 atom stereocenters. The van der Waals surface area contributed by atoms with E-state index in [-0.39, 0.29) is 6.04 Å². The second kappa shape index (κ2) is 7.92. The Kier molecular flexibility index (Phi) is 5.19. The number of aromatic nitrogens is 3. The second-order valence-corrected chi connectivity index (χ2v) is 7.71. The Hall–Kier alpha value is -3.02. The van der Waals surface area contributed by atoms with Crippen molar-refractivity contribution in [1.29, 1.82) is 5.26 Å². The lowest BCUT2D eigenvalue weighted by atomic mass is 10.1. The summed E-state index contributed by atoms with van der Waals surface area (Å²) in [5.74, 6) is 0.582. The van der Waals surface area contributed by atoms with Crippen LogP contribution in [0.1, 0.15) is 18.4 Å². The minimum atomic E-state index is 0.274. The van der Waals surface area contributed by atoms with Gasteiger partial charge < -0.3 is 16.0 Å². The molecule has 4 rings (SSSR count). The number of hydrogen-bond donors (Lipinski definition) is 2. The molecule has 0 amide bonds. The van der Waals surface area contributed by atoms with Gasteiger partial charge in [0.2, 0.25) is 5.95 Å². The highest BCUT2D eigenvalue weighted by molar-refractivity contribution is 7.19. The predicted octanol–water partition coefficient (Wildman–Crippen LogP) is 3.11. The maximum absolute atomic E-state index is 9.07. The highest BCUT2D eigenvalue weighted by Crippen LogP contribution is 2.40. The highest BCUT2D eigenvalue weighted by Gasteiger charge is 2.22. The van der Waals surface area contributed by atoms with E-state index in [0.29, 0.717) is 11.5 Å². The van der Waals surface area contributed by atoms with Gasteiger partial charge in [-0.2, -0.15) is 5.26 Å². The average Bonchev–Trinajstić information content (AvgIpc) is 3.20. The number of nitriles is 1. The summed E-state index contributed by atoms with van der Waals surface area (Å²) in [5.41, 5.74) is 9.48. The van der Waals surface area contributed by atoms with Crippen LogP contribution >= 0.6 is 11.3 Å². The molecule has 3 aromatic rings. The lowest BCUT2D eigenvalue weighted by Gasteiger charge is -2.29. The van der Waals surface area contributed by atoms with E-state index in [9.17, 15) is 0 Å². The van der Waals surface area contributed by atoms with Gasteiger partial charge in [-0.15, -0.1) is 0 Å². The monoisotopic (exact) mass is 391 g/mol. The Morgan fingerprint density at radius 1 is 1.14 bits per heavy atom. The molecule has 1 saturated heterocycles. The molecule has 0 aliphatic carbocycles. The lowest BCUT2D eigenvalue weighted by Crippen LogP contribution is -2.39. The Balaban J connectivity index is 1.76. The molecule has 3 N–H and O–H groups in total. The van der Waals surface area contributed by atoms with Gasteiger partial charge in [-0.25, -0.2) is 15.0 Å². The van der Waals surface area contributed by atoms with Gasteiger partial charge in [0.05, 0.1) is 22.2 Å². The first-order chi connectivity index (χ1) is 13.7. The van der Waals surface area contributed by atoms with Gasteiger partial charge in [-0.05, 0) is 25.0 Å². The molecule has 0 unspecified atom stereocenters. The van der Waals surface area contributed by atoms with Crippen molar-refractivity contribution in [1.82, 2.24) is 15.0 Å². The van der Waals surface area contributed by atoms with Gasteiger partial charge in [-0.1, -0.05) is 23.5 Å². The first-order valence-corrected chi connectivity index (χ1v) is 10.0. The van der Waals surface area contributed by atoms with Crippen LogP contribution in [0, 0.1) is 11.3 Å². The minimum Gasteiger partial charge on any atom is -0.357 e. The van der Waals surface area contributed by atoms with Crippen molar-refractivity contribution in [3.05, 3.63) is 42.2 Å². The molecule has 1 aliphatic rings. The van der Waals surface area contributed by atoms with E-state index >= 15 is 0 Å². The van der Waals surface area contributed by atoms with Gasteiger partial charge in [0.25, 0.3) is 0 Å². The second-order valence-electron chi connectivity index (χ2n) is 6.73. The Morgan fingerprint density at radius 2 is 1.82 bits per heavy atom. The fourth-order valence-corrected chi connectivity index (χ4v) is 4.32. The van der Waals surface area contributed by atoms with E-state index in [2.05, 4.69) is 26.3 Å². The van der Waals surface area contributed by atoms with Crippen LogP contribution in [0.3, 0.4) is 0 Å². The van der Waals surface area contributed by atoms with Crippen LogP contribution in [0.4, 0.5) is 11.1 Å². The Labute approximate surface area is 167 Å². The fraction of sp³-hybridized carbons (Fsp3) is 0.300. The number of hydrogen-bond acceptors (Lipinski definition) is 8. The quantitative estimate of drug-likeness (QED) is 0.704. The summed E-state index contributed by atoms with van der Waals surface area (Å²) < 4.78 is 0. The molecule has 1 aromatic carbocycles. The molecule has 0 saturated carbocycles. The number of piperidine rings is 1. The van der Waals surface area contributed by atoms with Crippen molar-refractivity contribution in [3.63, 3.8) is 0 Å². The topological polar surface area (TPSA) is 104 Å². The molecule has 3 heterocycles. The average molecular weight is 392 g/mol. The largest absolute Gasteiger partial charge is 0.357 e. The maximum atomic E-state index is 9.07. The molecule has 28 heavy (non-hydrogen) atoms. The Bertz CT molecular complexity index is 981. The van der Waals surface area contributed by atoms with Crippen LogP contribution in [0.5, 0.6) is 0 Å². The van der Waals surface area contributed by atoms with Crippen LogP contribution in [-0.4, -0.2) is 41.1 Å². The van der Waals surface area contributed by atoms with Crippen molar-refractivity contribution >= 4 is 22.4 Å². The summed E-state index contributed by atoms with van der Waals surface area (Å²) in [6, 6.07) is 9.95. The highest BCUT2D eigenvalue weighted by atomic mass is 32.1. The number of thiazole rings is 1. The van der Waals surface area contributed by atoms with Crippen molar-refractivity contribution < 1.29 is 0 Å². The molecule has 0 spiro atoms. The van der Waals surface area contributed by atoms with Gasteiger partial charge in [0, 0.05) is 49.7 Å². The third-order valence-electron chi connectivity index (χ3n) is 4.85. The third kappa shape index (κ3) is 3.67. The summed E-state index contributed by atoms with van der Waals surface area (Å²) in [6.07, 6.45) is 5.58. The summed E-state index contributed by atoms with van der Waals surface area (Å²) >= 11 is 1.65. The molecule has 8 heteroatoms.